The van der Waals surface area contributed by atoms with E-state index in [0.717, 1.165) is 38.2 Å². The molecule has 1 aliphatic carbocycles. The molecule has 0 radical (unpaired) electrons. The first-order chi connectivity index (χ1) is 13.8. The van der Waals surface area contributed by atoms with E-state index in [1.54, 1.807) is 0 Å². The van der Waals surface area contributed by atoms with Crippen LogP contribution in [0.3, 0.4) is 0 Å². The second kappa shape index (κ2) is 7.36. The molecule has 3 aromatic carbocycles. The normalized spacial score (nSPS) is 19.2. The zero-order valence-corrected chi connectivity index (χ0v) is 16.9. The first kappa shape index (κ1) is 19.2. The van der Waals surface area contributed by atoms with E-state index in [-0.39, 0.29) is 0 Å². The number of ether oxygens (including phenoxy) is 1. The summed E-state index contributed by atoms with van der Waals surface area (Å²) in [6.07, 6.45) is 2.71. The molecule has 0 saturated heterocycles. The molecule has 0 bridgehead atoms. The van der Waals surface area contributed by atoms with E-state index in [9.17, 15) is 14.7 Å². The lowest BCUT2D eigenvalue weighted by atomic mass is 9.80. The van der Waals surface area contributed by atoms with Crippen molar-refractivity contribution in [2.75, 3.05) is 0 Å². The van der Waals surface area contributed by atoms with Crippen molar-refractivity contribution in [1.82, 2.24) is 0 Å². The number of aliphatic carboxylic acids is 1. The number of carboxylic acid groups (broad SMARTS) is 1. The van der Waals surface area contributed by atoms with Crippen LogP contribution in [0.25, 0.3) is 21.5 Å². The summed E-state index contributed by atoms with van der Waals surface area (Å²) in [5, 5.41) is 13.3. The van der Waals surface area contributed by atoms with E-state index < -0.39 is 23.8 Å². The number of hydrogen-bond donors (Lipinski definition) is 1. The van der Waals surface area contributed by atoms with Gasteiger partial charge in [-0.3, -0.25) is 9.59 Å². The van der Waals surface area contributed by atoms with Gasteiger partial charge in [-0.05, 0) is 56.5 Å². The highest BCUT2D eigenvalue weighted by Crippen LogP contribution is 2.38. The number of aryl methyl sites for hydroxylation is 2. The predicted octanol–water partition coefficient (Wildman–Crippen LogP) is 5.57. The predicted molar refractivity (Wildman–Crippen MR) is 114 cm³/mol. The third kappa shape index (κ3) is 3.63. The molecule has 0 heterocycles. The Morgan fingerprint density at radius 2 is 1.62 bits per heavy atom. The van der Waals surface area contributed by atoms with Crippen molar-refractivity contribution in [3.05, 3.63) is 65.2 Å². The molecule has 2 atom stereocenters. The lowest BCUT2D eigenvalue weighted by Gasteiger charge is -2.26. The monoisotopic (exact) mass is 388 g/mol. The third-order valence-electron chi connectivity index (χ3n) is 5.79. The fourth-order valence-corrected chi connectivity index (χ4v) is 4.18. The zero-order valence-electron chi connectivity index (χ0n) is 16.9. The van der Waals surface area contributed by atoms with Crippen molar-refractivity contribution in [3.63, 3.8) is 0 Å². The van der Waals surface area contributed by atoms with Crippen molar-refractivity contribution in [3.8, 4) is 5.75 Å². The summed E-state index contributed by atoms with van der Waals surface area (Å²) in [7, 11) is 0. The fourth-order valence-electron chi connectivity index (χ4n) is 4.18. The maximum absolute atomic E-state index is 13.1. The Morgan fingerprint density at radius 3 is 2.38 bits per heavy atom. The van der Waals surface area contributed by atoms with Gasteiger partial charge in [-0.2, -0.15) is 0 Å². The number of esters is 1. The molecule has 4 nitrogen and oxygen atoms in total. The minimum Gasteiger partial charge on any atom is -0.481 e. The van der Waals surface area contributed by atoms with Crippen LogP contribution in [0, 0.1) is 25.7 Å². The summed E-state index contributed by atoms with van der Waals surface area (Å²) < 4.78 is 5.96. The minimum absolute atomic E-state index is 0.379. The van der Waals surface area contributed by atoms with Crippen molar-refractivity contribution < 1.29 is 19.4 Å². The van der Waals surface area contributed by atoms with Gasteiger partial charge in [0.05, 0.1) is 11.8 Å². The Kier molecular flexibility index (Phi) is 4.87. The topological polar surface area (TPSA) is 63.6 Å². The first-order valence-electron chi connectivity index (χ1n) is 9.87. The van der Waals surface area contributed by atoms with Gasteiger partial charge < -0.3 is 9.84 Å². The van der Waals surface area contributed by atoms with Gasteiger partial charge in [-0.1, -0.05) is 53.1 Å². The molecule has 29 heavy (non-hydrogen) atoms. The molecule has 3 aromatic rings. The van der Waals surface area contributed by atoms with E-state index >= 15 is 0 Å². The second-order valence-electron chi connectivity index (χ2n) is 8.12. The van der Waals surface area contributed by atoms with E-state index in [1.807, 2.05) is 57.2 Å². The van der Waals surface area contributed by atoms with Gasteiger partial charge in [0, 0.05) is 10.8 Å². The number of carbonyl (C=O) groups excluding carboxylic acids is 1. The Bertz CT molecular complexity index is 1170. The molecule has 0 aliphatic heterocycles. The molecule has 2 unspecified atom stereocenters. The van der Waals surface area contributed by atoms with Crippen LogP contribution >= 0.6 is 0 Å². The Morgan fingerprint density at radius 1 is 0.897 bits per heavy atom. The number of hydrogen-bond acceptors (Lipinski definition) is 3. The smallest absolute Gasteiger partial charge is 0.315 e. The highest BCUT2D eigenvalue weighted by Gasteiger charge is 2.37. The maximum Gasteiger partial charge on any atom is 0.315 e. The van der Waals surface area contributed by atoms with Gasteiger partial charge in [0.1, 0.15) is 5.75 Å². The van der Waals surface area contributed by atoms with Crippen molar-refractivity contribution >= 4 is 33.5 Å². The number of carboxylic acids is 1. The summed E-state index contributed by atoms with van der Waals surface area (Å²) in [5.74, 6) is -2.35. The minimum atomic E-state index is -0.950. The summed E-state index contributed by atoms with van der Waals surface area (Å²) in [5.41, 5.74) is 3.20. The standard InChI is InChI=1S/C25H24O4/c1-14-5-8-19-18(10-14)13-17-7-4-15(2)11-21(17)23(19)29-25(28)20-9-6-16(3)12-22(20)24(26)27/h4-8,10-11,13,20,22H,9,12H2,1-3H3,(H,26,27). The van der Waals surface area contributed by atoms with Crippen LogP contribution in [0.15, 0.2) is 54.1 Å². The fraction of sp³-hybridized carbons (Fsp3) is 0.280. The summed E-state index contributed by atoms with van der Waals surface area (Å²) in [6, 6.07) is 14.2. The molecule has 0 saturated carbocycles. The molecule has 0 spiro atoms. The van der Waals surface area contributed by atoms with Crippen LogP contribution in [0.5, 0.6) is 5.75 Å². The van der Waals surface area contributed by atoms with Crippen LogP contribution in [0.4, 0.5) is 0 Å². The number of carbonyl (C=O) groups is 2. The third-order valence-corrected chi connectivity index (χ3v) is 5.79. The second-order valence-corrected chi connectivity index (χ2v) is 8.12. The van der Waals surface area contributed by atoms with E-state index in [1.165, 1.54) is 0 Å². The Balaban J connectivity index is 1.82. The Hall–Kier alpha value is -3.14. The summed E-state index contributed by atoms with van der Waals surface area (Å²) >= 11 is 0. The average molecular weight is 388 g/mol. The molecule has 0 amide bonds. The number of rotatable bonds is 3. The van der Waals surface area contributed by atoms with Crippen LogP contribution in [-0.2, 0) is 9.59 Å². The molecular formula is C25H24O4. The molecule has 0 aromatic heterocycles. The molecular weight excluding hydrogens is 364 g/mol. The van der Waals surface area contributed by atoms with Crippen LogP contribution in [-0.4, -0.2) is 17.0 Å². The van der Waals surface area contributed by atoms with Crippen LogP contribution in [0.2, 0.25) is 0 Å². The van der Waals surface area contributed by atoms with Crippen molar-refractivity contribution in [2.24, 2.45) is 11.8 Å². The van der Waals surface area contributed by atoms with Gasteiger partial charge in [-0.25, -0.2) is 0 Å². The average Bonchev–Trinajstić information content (AvgIpc) is 2.67. The quantitative estimate of drug-likeness (QED) is 0.276. The number of benzene rings is 3. The zero-order chi connectivity index (χ0) is 20.7. The van der Waals surface area contributed by atoms with Gasteiger partial charge in [-0.15, -0.1) is 0 Å². The molecule has 4 heteroatoms. The van der Waals surface area contributed by atoms with Crippen LogP contribution in [0.1, 0.15) is 30.9 Å². The molecule has 4 rings (SSSR count). The highest BCUT2D eigenvalue weighted by molar-refractivity contribution is 6.07. The number of allylic oxidation sites excluding steroid dienone is 2. The number of fused-ring (bicyclic) bond motifs is 2. The molecule has 1 aliphatic rings. The lowest BCUT2D eigenvalue weighted by molar-refractivity contribution is -0.152. The Labute approximate surface area is 169 Å². The van der Waals surface area contributed by atoms with Crippen molar-refractivity contribution in [2.45, 2.75) is 33.6 Å². The lowest BCUT2D eigenvalue weighted by Crippen LogP contribution is -2.34. The van der Waals surface area contributed by atoms with Crippen molar-refractivity contribution in [1.29, 1.82) is 0 Å². The molecule has 0 fully saturated rings. The van der Waals surface area contributed by atoms with Gasteiger partial charge in [0.2, 0.25) is 0 Å². The van der Waals surface area contributed by atoms with Crippen LogP contribution < -0.4 is 4.74 Å². The van der Waals surface area contributed by atoms with E-state index in [2.05, 4.69) is 12.1 Å². The van der Waals surface area contributed by atoms with Gasteiger partial charge in [0.25, 0.3) is 0 Å². The van der Waals surface area contributed by atoms with Gasteiger partial charge in [0.15, 0.2) is 0 Å². The largest absolute Gasteiger partial charge is 0.481 e. The summed E-state index contributed by atoms with van der Waals surface area (Å²) in [6.45, 7) is 5.93. The maximum atomic E-state index is 13.1. The van der Waals surface area contributed by atoms with Gasteiger partial charge >= 0.3 is 11.9 Å². The molecule has 148 valence electrons. The highest BCUT2D eigenvalue weighted by atomic mass is 16.5. The van der Waals surface area contributed by atoms with E-state index in [4.69, 9.17) is 4.74 Å². The molecule has 1 N–H and O–H groups in total. The first-order valence-corrected chi connectivity index (χ1v) is 9.87. The summed E-state index contributed by atoms with van der Waals surface area (Å²) in [4.78, 5) is 24.9. The SMILES string of the molecule is CC1=CCC(C(=O)Oc2c3ccc(C)cc3cc3ccc(C)cc23)C(C(=O)O)C1. The van der Waals surface area contributed by atoms with E-state index in [0.29, 0.717) is 18.6 Å².